The molecule has 0 bridgehead atoms. The fraction of sp³-hybridized carbons (Fsp3) is 0. The smallest absolute Gasteiger partial charge is 0.267 e. The third-order valence-electron chi connectivity index (χ3n) is 3.01. The average Bonchev–Trinajstić information content (AvgIpc) is 2.53. The third-order valence-corrected chi connectivity index (χ3v) is 3.01. The first-order valence-corrected chi connectivity index (χ1v) is 6.12. The number of pyridine rings is 2. The topological polar surface area (TPSA) is 80.9 Å². The minimum atomic E-state index is -0.373. The molecule has 3 aromatic rings. The van der Waals surface area contributed by atoms with Crippen LogP contribution in [0.3, 0.4) is 0 Å². The Labute approximate surface area is 115 Å². The summed E-state index contributed by atoms with van der Waals surface area (Å²) in [6, 6.07) is 14.9. The second kappa shape index (κ2) is 5.07. The number of carbonyl (C=O) groups is 1. The number of rotatable bonds is 2. The van der Waals surface area contributed by atoms with Gasteiger partial charge in [-0.05, 0) is 18.2 Å². The third kappa shape index (κ3) is 2.10. The number of hydrogen-bond acceptors (Lipinski definition) is 4. The monoisotopic (exact) mass is 264 g/mol. The average molecular weight is 264 g/mol. The van der Waals surface area contributed by atoms with Crippen molar-refractivity contribution < 1.29 is 4.79 Å². The van der Waals surface area contributed by atoms with Gasteiger partial charge in [-0.2, -0.15) is 0 Å². The van der Waals surface area contributed by atoms with E-state index >= 15 is 0 Å². The van der Waals surface area contributed by atoms with Gasteiger partial charge in [0.25, 0.3) is 5.91 Å². The molecule has 98 valence electrons. The van der Waals surface area contributed by atoms with Crippen LogP contribution in [-0.2, 0) is 0 Å². The van der Waals surface area contributed by atoms with E-state index in [0.29, 0.717) is 16.9 Å². The quantitative estimate of drug-likeness (QED) is 0.421. The lowest BCUT2D eigenvalue weighted by atomic mass is 10.0. The van der Waals surface area contributed by atoms with Crippen molar-refractivity contribution in [1.29, 1.82) is 0 Å². The van der Waals surface area contributed by atoms with Crippen molar-refractivity contribution in [3.8, 4) is 11.3 Å². The lowest BCUT2D eigenvalue weighted by molar-refractivity contribution is 0.0954. The van der Waals surface area contributed by atoms with Crippen molar-refractivity contribution in [3.63, 3.8) is 0 Å². The van der Waals surface area contributed by atoms with E-state index in [9.17, 15) is 4.79 Å². The summed E-state index contributed by atoms with van der Waals surface area (Å²) in [7, 11) is 0. The molecule has 20 heavy (non-hydrogen) atoms. The van der Waals surface area contributed by atoms with Gasteiger partial charge in [-0.25, -0.2) is 15.8 Å². The number of amides is 1. The highest BCUT2D eigenvalue weighted by Crippen LogP contribution is 2.24. The van der Waals surface area contributed by atoms with Crippen molar-refractivity contribution in [2.24, 2.45) is 5.84 Å². The number of benzene rings is 1. The van der Waals surface area contributed by atoms with E-state index in [1.165, 1.54) is 0 Å². The number of nitrogens with zero attached hydrogens (tertiary/aromatic N) is 2. The number of carbonyl (C=O) groups excluding carboxylic acids is 1. The Hall–Kier alpha value is -2.79. The molecule has 0 unspecified atom stereocenters. The Bertz CT molecular complexity index is 771. The van der Waals surface area contributed by atoms with E-state index in [1.54, 1.807) is 18.3 Å². The largest absolute Gasteiger partial charge is 0.290 e. The van der Waals surface area contributed by atoms with Crippen molar-refractivity contribution in [2.75, 3.05) is 0 Å². The molecule has 0 aliphatic heterocycles. The molecule has 5 nitrogen and oxygen atoms in total. The Morgan fingerprint density at radius 1 is 1.10 bits per heavy atom. The van der Waals surface area contributed by atoms with E-state index in [-0.39, 0.29) is 5.91 Å². The second-order valence-electron chi connectivity index (χ2n) is 4.27. The first-order valence-electron chi connectivity index (χ1n) is 6.12. The zero-order valence-electron chi connectivity index (χ0n) is 10.6. The molecular weight excluding hydrogens is 252 g/mol. The van der Waals surface area contributed by atoms with Crippen molar-refractivity contribution >= 4 is 16.9 Å². The molecule has 5 heteroatoms. The summed E-state index contributed by atoms with van der Waals surface area (Å²) in [5.74, 6) is 4.88. The zero-order valence-corrected chi connectivity index (χ0v) is 10.6. The Balaban J connectivity index is 2.30. The molecule has 0 saturated carbocycles. The molecule has 0 atom stereocenters. The van der Waals surface area contributed by atoms with Crippen LogP contribution in [0.4, 0.5) is 0 Å². The fourth-order valence-corrected chi connectivity index (χ4v) is 2.07. The molecule has 0 saturated heterocycles. The lowest BCUT2D eigenvalue weighted by Crippen LogP contribution is -2.30. The maximum atomic E-state index is 12.0. The van der Waals surface area contributed by atoms with Crippen molar-refractivity contribution in [3.05, 3.63) is 60.3 Å². The highest BCUT2D eigenvalue weighted by Gasteiger charge is 2.15. The molecule has 0 spiro atoms. The molecule has 0 fully saturated rings. The van der Waals surface area contributed by atoms with Gasteiger partial charge < -0.3 is 0 Å². The van der Waals surface area contributed by atoms with Crippen LogP contribution in [0.5, 0.6) is 0 Å². The SMILES string of the molecule is NNC(=O)c1cc2cccnc2nc1-c1ccccc1. The molecule has 2 aromatic heterocycles. The molecule has 1 amide bonds. The summed E-state index contributed by atoms with van der Waals surface area (Å²) in [6.45, 7) is 0. The highest BCUT2D eigenvalue weighted by atomic mass is 16.2. The predicted octanol–water partition coefficient (Wildman–Crippen LogP) is 1.90. The summed E-state index contributed by atoms with van der Waals surface area (Å²) in [4.78, 5) is 20.7. The Morgan fingerprint density at radius 3 is 2.65 bits per heavy atom. The number of aromatic nitrogens is 2. The maximum Gasteiger partial charge on any atom is 0.267 e. The van der Waals surface area contributed by atoms with Gasteiger partial charge in [0.2, 0.25) is 0 Å². The normalized spacial score (nSPS) is 10.4. The standard InChI is InChI=1S/C15H12N4O/c16-19-15(20)12-9-11-7-4-8-17-14(11)18-13(12)10-5-2-1-3-6-10/h1-9H,16H2,(H,19,20). The molecule has 3 rings (SSSR count). The number of hydrogen-bond donors (Lipinski definition) is 2. The first-order chi connectivity index (χ1) is 9.79. The Kier molecular flexibility index (Phi) is 3.10. The van der Waals surface area contributed by atoms with Gasteiger partial charge in [0, 0.05) is 17.1 Å². The van der Waals surface area contributed by atoms with E-state index in [2.05, 4.69) is 15.4 Å². The van der Waals surface area contributed by atoms with Crippen molar-refractivity contribution in [2.45, 2.75) is 0 Å². The van der Waals surface area contributed by atoms with Gasteiger partial charge in [-0.1, -0.05) is 30.3 Å². The predicted molar refractivity (Wildman–Crippen MR) is 76.6 cm³/mol. The van der Waals surface area contributed by atoms with Crippen LogP contribution in [0, 0.1) is 0 Å². The van der Waals surface area contributed by atoms with Crippen LogP contribution in [0.15, 0.2) is 54.7 Å². The number of nitrogens with one attached hydrogen (secondary N) is 1. The molecular formula is C15H12N4O. The van der Waals surface area contributed by atoms with Crippen LogP contribution < -0.4 is 11.3 Å². The van der Waals surface area contributed by atoms with Crippen LogP contribution in [0.1, 0.15) is 10.4 Å². The van der Waals surface area contributed by atoms with Gasteiger partial charge >= 0.3 is 0 Å². The Morgan fingerprint density at radius 2 is 1.90 bits per heavy atom. The van der Waals surface area contributed by atoms with Crippen LogP contribution >= 0.6 is 0 Å². The van der Waals surface area contributed by atoms with Gasteiger partial charge in [-0.3, -0.25) is 10.2 Å². The minimum Gasteiger partial charge on any atom is -0.290 e. The number of hydrazine groups is 1. The minimum absolute atomic E-state index is 0.373. The zero-order chi connectivity index (χ0) is 13.9. The van der Waals surface area contributed by atoms with E-state index in [1.807, 2.05) is 36.4 Å². The summed E-state index contributed by atoms with van der Waals surface area (Å²) in [5.41, 5.74) is 4.60. The highest BCUT2D eigenvalue weighted by molar-refractivity contribution is 6.02. The number of nitrogen functional groups attached to an aromatic ring is 1. The first kappa shape index (κ1) is 12.3. The molecule has 0 radical (unpaired) electrons. The molecule has 0 aliphatic carbocycles. The second-order valence-corrected chi connectivity index (χ2v) is 4.27. The van der Waals surface area contributed by atoms with Gasteiger partial charge in [0.05, 0.1) is 11.3 Å². The summed E-state index contributed by atoms with van der Waals surface area (Å²) in [5, 5.41) is 0.797. The lowest BCUT2D eigenvalue weighted by Gasteiger charge is -2.09. The van der Waals surface area contributed by atoms with E-state index < -0.39 is 0 Å². The summed E-state index contributed by atoms with van der Waals surface area (Å²) in [6.07, 6.45) is 1.67. The van der Waals surface area contributed by atoms with Gasteiger partial charge in [0.15, 0.2) is 5.65 Å². The maximum absolute atomic E-state index is 12.0. The van der Waals surface area contributed by atoms with Gasteiger partial charge in [0.1, 0.15) is 0 Å². The molecule has 0 aliphatic rings. The molecule has 3 N–H and O–H groups in total. The van der Waals surface area contributed by atoms with E-state index in [4.69, 9.17) is 5.84 Å². The van der Waals surface area contributed by atoms with Crippen LogP contribution in [0.25, 0.3) is 22.3 Å². The number of fused-ring (bicyclic) bond motifs is 1. The summed E-state index contributed by atoms with van der Waals surface area (Å²) < 4.78 is 0. The van der Waals surface area contributed by atoms with Crippen LogP contribution in [0.2, 0.25) is 0 Å². The molecule has 1 aromatic carbocycles. The summed E-state index contributed by atoms with van der Waals surface area (Å²) >= 11 is 0. The van der Waals surface area contributed by atoms with Gasteiger partial charge in [-0.15, -0.1) is 0 Å². The molecule has 2 heterocycles. The van der Waals surface area contributed by atoms with E-state index in [0.717, 1.165) is 10.9 Å². The number of nitrogens with two attached hydrogens (primary N) is 1. The van der Waals surface area contributed by atoms with Crippen molar-refractivity contribution in [1.82, 2.24) is 15.4 Å². The fourth-order valence-electron chi connectivity index (χ4n) is 2.07. The van der Waals surface area contributed by atoms with Crippen LogP contribution in [-0.4, -0.2) is 15.9 Å².